The SMILES string of the molecule is COc1ccc(CCN[C@@H]2CCCC[C@@H]2N)cc1OC. The van der Waals surface area contributed by atoms with Crippen LogP contribution in [0.3, 0.4) is 0 Å². The Kier molecular flexibility index (Phi) is 5.68. The molecule has 1 aliphatic carbocycles. The first-order chi connectivity index (χ1) is 9.74. The fourth-order valence-electron chi connectivity index (χ4n) is 2.85. The van der Waals surface area contributed by atoms with Crippen molar-refractivity contribution in [1.29, 1.82) is 0 Å². The van der Waals surface area contributed by atoms with E-state index in [9.17, 15) is 0 Å². The lowest BCUT2D eigenvalue weighted by atomic mass is 9.91. The first-order valence-corrected chi connectivity index (χ1v) is 7.44. The van der Waals surface area contributed by atoms with Crippen LogP contribution in [0, 0.1) is 0 Å². The highest BCUT2D eigenvalue weighted by Gasteiger charge is 2.20. The monoisotopic (exact) mass is 278 g/mol. The zero-order chi connectivity index (χ0) is 14.4. The standard InChI is InChI=1S/C16H26N2O2/c1-19-15-8-7-12(11-16(15)20-2)9-10-18-14-6-4-3-5-13(14)17/h7-8,11,13-14,18H,3-6,9-10,17H2,1-2H3/t13-,14+/m0/s1. The van der Waals surface area contributed by atoms with E-state index in [0.717, 1.165) is 30.9 Å². The fourth-order valence-corrected chi connectivity index (χ4v) is 2.85. The number of hydrogen-bond acceptors (Lipinski definition) is 4. The predicted octanol–water partition coefficient (Wildman–Crippen LogP) is 2.11. The molecule has 1 aromatic carbocycles. The highest BCUT2D eigenvalue weighted by Crippen LogP contribution is 2.27. The summed E-state index contributed by atoms with van der Waals surface area (Å²) in [5.41, 5.74) is 7.39. The second-order valence-electron chi connectivity index (χ2n) is 5.45. The van der Waals surface area contributed by atoms with Crippen molar-refractivity contribution in [2.24, 2.45) is 5.73 Å². The van der Waals surface area contributed by atoms with Crippen LogP contribution >= 0.6 is 0 Å². The third kappa shape index (κ3) is 3.87. The number of nitrogens with one attached hydrogen (secondary N) is 1. The van der Waals surface area contributed by atoms with Crippen molar-refractivity contribution in [2.45, 2.75) is 44.2 Å². The molecule has 0 radical (unpaired) electrons. The fraction of sp³-hybridized carbons (Fsp3) is 0.625. The van der Waals surface area contributed by atoms with Gasteiger partial charge in [0.05, 0.1) is 14.2 Å². The van der Waals surface area contributed by atoms with E-state index in [4.69, 9.17) is 15.2 Å². The minimum Gasteiger partial charge on any atom is -0.493 e. The molecule has 4 heteroatoms. The Morgan fingerprint density at radius 2 is 1.90 bits per heavy atom. The van der Waals surface area contributed by atoms with Gasteiger partial charge in [0, 0.05) is 12.1 Å². The van der Waals surface area contributed by atoms with E-state index in [1.807, 2.05) is 12.1 Å². The summed E-state index contributed by atoms with van der Waals surface area (Å²) < 4.78 is 10.6. The van der Waals surface area contributed by atoms with Crippen LogP contribution in [0.2, 0.25) is 0 Å². The molecule has 0 heterocycles. The normalized spacial score (nSPS) is 22.6. The van der Waals surface area contributed by atoms with Crippen LogP contribution in [0.4, 0.5) is 0 Å². The average molecular weight is 278 g/mol. The summed E-state index contributed by atoms with van der Waals surface area (Å²) in [7, 11) is 3.32. The highest BCUT2D eigenvalue weighted by molar-refractivity contribution is 5.42. The Morgan fingerprint density at radius 3 is 2.60 bits per heavy atom. The number of rotatable bonds is 6. The Hall–Kier alpha value is -1.26. The van der Waals surface area contributed by atoms with Gasteiger partial charge in [0.15, 0.2) is 11.5 Å². The van der Waals surface area contributed by atoms with Gasteiger partial charge in [0.1, 0.15) is 0 Å². The molecule has 1 aromatic rings. The van der Waals surface area contributed by atoms with Crippen LogP contribution in [0.15, 0.2) is 18.2 Å². The third-order valence-electron chi connectivity index (χ3n) is 4.09. The van der Waals surface area contributed by atoms with E-state index in [2.05, 4.69) is 11.4 Å². The molecule has 0 unspecified atom stereocenters. The molecule has 0 amide bonds. The summed E-state index contributed by atoms with van der Waals surface area (Å²) >= 11 is 0. The molecular formula is C16H26N2O2. The Morgan fingerprint density at radius 1 is 1.15 bits per heavy atom. The summed E-state index contributed by atoms with van der Waals surface area (Å²) in [6.07, 6.45) is 5.89. The zero-order valence-electron chi connectivity index (χ0n) is 12.5. The molecular weight excluding hydrogens is 252 g/mol. The van der Waals surface area contributed by atoms with Crippen LogP contribution in [0.5, 0.6) is 11.5 Å². The zero-order valence-corrected chi connectivity index (χ0v) is 12.5. The molecule has 0 aromatic heterocycles. The second kappa shape index (κ2) is 7.50. The highest BCUT2D eigenvalue weighted by atomic mass is 16.5. The van der Waals surface area contributed by atoms with Crippen molar-refractivity contribution < 1.29 is 9.47 Å². The van der Waals surface area contributed by atoms with Gasteiger partial charge in [-0.05, 0) is 43.5 Å². The Labute approximate surface area is 121 Å². The molecule has 1 fully saturated rings. The molecule has 0 bridgehead atoms. The molecule has 0 aliphatic heterocycles. The summed E-state index contributed by atoms with van der Waals surface area (Å²) in [5.74, 6) is 1.57. The molecule has 0 saturated heterocycles. The van der Waals surface area contributed by atoms with Gasteiger partial charge in [-0.25, -0.2) is 0 Å². The maximum atomic E-state index is 6.14. The van der Waals surface area contributed by atoms with E-state index in [1.165, 1.54) is 24.8 Å². The molecule has 2 atom stereocenters. The number of methoxy groups -OCH3 is 2. The van der Waals surface area contributed by atoms with E-state index in [0.29, 0.717) is 12.1 Å². The Balaban J connectivity index is 1.84. The lowest BCUT2D eigenvalue weighted by Crippen LogP contribution is -2.47. The van der Waals surface area contributed by atoms with E-state index in [-0.39, 0.29) is 0 Å². The molecule has 4 nitrogen and oxygen atoms in total. The first-order valence-electron chi connectivity index (χ1n) is 7.44. The number of benzene rings is 1. The molecule has 1 saturated carbocycles. The van der Waals surface area contributed by atoms with Crippen LogP contribution in [0.1, 0.15) is 31.2 Å². The minimum atomic E-state index is 0.314. The van der Waals surface area contributed by atoms with Crippen LogP contribution in [0.25, 0.3) is 0 Å². The molecule has 112 valence electrons. The lowest BCUT2D eigenvalue weighted by molar-refractivity contribution is 0.329. The molecule has 3 N–H and O–H groups in total. The number of ether oxygens (including phenoxy) is 2. The largest absolute Gasteiger partial charge is 0.493 e. The second-order valence-corrected chi connectivity index (χ2v) is 5.45. The van der Waals surface area contributed by atoms with Gasteiger partial charge in [-0.2, -0.15) is 0 Å². The topological polar surface area (TPSA) is 56.5 Å². The molecule has 0 spiro atoms. The molecule has 20 heavy (non-hydrogen) atoms. The van der Waals surface area contributed by atoms with Crippen LogP contribution in [-0.4, -0.2) is 32.8 Å². The predicted molar refractivity (Wildman–Crippen MR) is 81.5 cm³/mol. The third-order valence-corrected chi connectivity index (χ3v) is 4.09. The van der Waals surface area contributed by atoms with Crippen molar-refractivity contribution in [3.05, 3.63) is 23.8 Å². The van der Waals surface area contributed by atoms with Crippen molar-refractivity contribution in [3.8, 4) is 11.5 Å². The quantitative estimate of drug-likeness (QED) is 0.837. The van der Waals surface area contributed by atoms with E-state index < -0.39 is 0 Å². The van der Waals surface area contributed by atoms with Gasteiger partial charge in [-0.15, -0.1) is 0 Å². The van der Waals surface area contributed by atoms with Crippen LogP contribution in [-0.2, 0) is 6.42 Å². The number of nitrogens with two attached hydrogens (primary N) is 1. The van der Waals surface area contributed by atoms with Crippen molar-refractivity contribution in [2.75, 3.05) is 20.8 Å². The maximum absolute atomic E-state index is 6.14. The van der Waals surface area contributed by atoms with Crippen LogP contribution < -0.4 is 20.5 Å². The molecule has 1 aliphatic rings. The minimum absolute atomic E-state index is 0.314. The van der Waals surface area contributed by atoms with Gasteiger partial charge in [0.2, 0.25) is 0 Å². The summed E-state index contributed by atoms with van der Waals surface area (Å²) in [5, 5.41) is 3.59. The van der Waals surface area contributed by atoms with E-state index in [1.54, 1.807) is 14.2 Å². The first kappa shape index (κ1) is 15.1. The Bertz CT molecular complexity index is 423. The van der Waals surface area contributed by atoms with Crippen molar-refractivity contribution in [1.82, 2.24) is 5.32 Å². The lowest BCUT2D eigenvalue weighted by Gasteiger charge is -2.29. The number of hydrogen-bond donors (Lipinski definition) is 2. The smallest absolute Gasteiger partial charge is 0.160 e. The summed E-state index contributed by atoms with van der Waals surface area (Å²) in [6.45, 7) is 0.952. The molecule has 2 rings (SSSR count). The van der Waals surface area contributed by atoms with E-state index >= 15 is 0 Å². The summed E-state index contributed by atoms with van der Waals surface area (Å²) in [6, 6.07) is 6.88. The maximum Gasteiger partial charge on any atom is 0.160 e. The van der Waals surface area contributed by atoms with Crippen molar-refractivity contribution >= 4 is 0 Å². The van der Waals surface area contributed by atoms with Gasteiger partial charge in [0.25, 0.3) is 0 Å². The van der Waals surface area contributed by atoms with Gasteiger partial charge in [-0.1, -0.05) is 18.9 Å². The average Bonchev–Trinajstić information content (AvgIpc) is 2.49. The van der Waals surface area contributed by atoms with Gasteiger partial charge >= 0.3 is 0 Å². The summed E-state index contributed by atoms with van der Waals surface area (Å²) in [4.78, 5) is 0. The van der Waals surface area contributed by atoms with Crippen molar-refractivity contribution in [3.63, 3.8) is 0 Å². The van der Waals surface area contributed by atoms with Gasteiger partial charge in [-0.3, -0.25) is 0 Å². The van der Waals surface area contributed by atoms with Gasteiger partial charge < -0.3 is 20.5 Å².